The monoisotopic (exact) mass is 125 g/mol. The highest BCUT2D eigenvalue weighted by atomic mass is 14.9. The summed E-state index contributed by atoms with van der Waals surface area (Å²) < 4.78 is 0. The first-order chi connectivity index (χ1) is 4.30. The molecule has 0 aliphatic carbocycles. The average Bonchev–Trinajstić information content (AvgIpc) is 1.90. The van der Waals surface area contributed by atoms with Crippen molar-refractivity contribution >= 4 is 0 Å². The Bertz CT molecular complexity index is 147. The van der Waals surface area contributed by atoms with Crippen LogP contribution in [0.2, 0.25) is 0 Å². The van der Waals surface area contributed by atoms with Crippen molar-refractivity contribution in [1.29, 1.82) is 0 Å². The van der Waals surface area contributed by atoms with Gasteiger partial charge in [0.15, 0.2) is 0 Å². The summed E-state index contributed by atoms with van der Waals surface area (Å²) in [5.74, 6) is 0.634. The zero-order valence-corrected chi connectivity index (χ0v) is 6.02. The SMILES string of the molecule is CC(C)C1=CC=CCN1.[HH]. The van der Waals surface area contributed by atoms with E-state index in [0.29, 0.717) is 5.92 Å². The van der Waals surface area contributed by atoms with E-state index in [0.717, 1.165) is 6.54 Å². The highest BCUT2D eigenvalue weighted by molar-refractivity contribution is 5.17. The van der Waals surface area contributed by atoms with Crippen LogP contribution in [0.1, 0.15) is 15.3 Å². The van der Waals surface area contributed by atoms with Crippen LogP contribution in [-0.4, -0.2) is 6.54 Å². The number of allylic oxidation sites excluding steroid dienone is 3. The molecule has 0 fully saturated rings. The molecule has 0 aromatic heterocycles. The van der Waals surface area contributed by atoms with Crippen molar-refractivity contribution in [3.8, 4) is 0 Å². The van der Waals surface area contributed by atoms with Crippen molar-refractivity contribution in [2.75, 3.05) is 6.54 Å². The van der Waals surface area contributed by atoms with Gasteiger partial charge in [0.05, 0.1) is 0 Å². The first-order valence-corrected chi connectivity index (χ1v) is 3.41. The van der Waals surface area contributed by atoms with Gasteiger partial charge in [0.1, 0.15) is 0 Å². The zero-order valence-electron chi connectivity index (χ0n) is 6.02. The van der Waals surface area contributed by atoms with E-state index in [2.05, 4.69) is 37.4 Å². The smallest absolute Gasteiger partial charge is 0.0330 e. The molecule has 52 valence electrons. The van der Waals surface area contributed by atoms with Crippen molar-refractivity contribution < 1.29 is 1.43 Å². The summed E-state index contributed by atoms with van der Waals surface area (Å²) in [5, 5.41) is 3.29. The molecule has 0 unspecified atom stereocenters. The van der Waals surface area contributed by atoms with Gasteiger partial charge in [0.2, 0.25) is 0 Å². The minimum absolute atomic E-state index is 0. The molecule has 0 aromatic rings. The maximum Gasteiger partial charge on any atom is 0.0330 e. The molecule has 1 heteroatoms. The lowest BCUT2D eigenvalue weighted by atomic mass is 10.1. The molecule has 1 heterocycles. The van der Waals surface area contributed by atoms with Crippen LogP contribution in [0, 0.1) is 5.92 Å². The van der Waals surface area contributed by atoms with Crippen LogP contribution in [0.4, 0.5) is 0 Å². The number of rotatable bonds is 1. The van der Waals surface area contributed by atoms with Crippen LogP contribution in [-0.2, 0) is 0 Å². The Balaban J connectivity index is 0.000000810. The van der Waals surface area contributed by atoms with E-state index in [1.54, 1.807) is 0 Å². The lowest BCUT2D eigenvalue weighted by Gasteiger charge is -2.14. The maximum atomic E-state index is 3.29. The van der Waals surface area contributed by atoms with E-state index in [1.807, 2.05) is 0 Å². The molecule has 1 rings (SSSR count). The first kappa shape index (κ1) is 6.40. The predicted octanol–water partition coefficient (Wildman–Crippen LogP) is 1.93. The van der Waals surface area contributed by atoms with E-state index >= 15 is 0 Å². The van der Waals surface area contributed by atoms with Gasteiger partial charge in [-0.3, -0.25) is 0 Å². The van der Waals surface area contributed by atoms with Gasteiger partial charge in [0.25, 0.3) is 0 Å². The van der Waals surface area contributed by atoms with Gasteiger partial charge in [-0.15, -0.1) is 0 Å². The topological polar surface area (TPSA) is 12.0 Å². The third-order valence-corrected chi connectivity index (χ3v) is 1.46. The van der Waals surface area contributed by atoms with Crippen LogP contribution in [0.15, 0.2) is 23.9 Å². The third-order valence-electron chi connectivity index (χ3n) is 1.46. The first-order valence-electron chi connectivity index (χ1n) is 3.41. The van der Waals surface area contributed by atoms with Crippen molar-refractivity contribution in [2.24, 2.45) is 5.92 Å². The Kier molecular flexibility index (Phi) is 1.93. The van der Waals surface area contributed by atoms with Crippen molar-refractivity contribution in [1.82, 2.24) is 5.32 Å². The van der Waals surface area contributed by atoms with Gasteiger partial charge in [-0.05, 0) is 12.0 Å². The zero-order chi connectivity index (χ0) is 6.69. The molecule has 0 amide bonds. The van der Waals surface area contributed by atoms with E-state index in [9.17, 15) is 0 Å². The fourth-order valence-electron chi connectivity index (χ4n) is 0.872. The van der Waals surface area contributed by atoms with Gasteiger partial charge in [-0.1, -0.05) is 26.0 Å². The lowest BCUT2D eigenvalue weighted by Crippen LogP contribution is -2.19. The van der Waals surface area contributed by atoms with Gasteiger partial charge >= 0.3 is 0 Å². The van der Waals surface area contributed by atoms with Gasteiger partial charge in [-0.25, -0.2) is 0 Å². The number of hydrogen-bond acceptors (Lipinski definition) is 1. The normalized spacial score (nSPS) is 17.4. The standard InChI is InChI=1S/C8H13N.H2/c1-7(2)8-5-3-4-6-9-8;/h3-5,7,9H,6H2,1-2H3;1H. The Hall–Kier alpha value is -0.720. The second kappa shape index (κ2) is 2.72. The fourth-order valence-corrected chi connectivity index (χ4v) is 0.872. The van der Waals surface area contributed by atoms with Crippen molar-refractivity contribution in [3.05, 3.63) is 23.9 Å². The van der Waals surface area contributed by atoms with Crippen LogP contribution in [0.3, 0.4) is 0 Å². The molecule has 0 saturated heterocycles. The van der Waals surface area contributed by atoms with Crippen LogP contribution in [0.5, 0.6) is 0 Å². The minimum atomic E-state index is 0. The summed E-state index contributed by atoms with van der Waals surface area (Å²) in [7, 11) is 0. The average molecular weight is 125 g/mol. The second-order valence-electron chi connectivity index (χ2n) is 2.59. The molecule has 0 aromatic carbocycles. The van der Waals surface area contributed by atoms with Crippen LogP contribution < -0.4 is 5.32 Å². The molecule has 0 spiro atoms. The summed E-state index contributed by atoms with van der Waals surface area (Å²) >= 11 is 0. The third kappa shape index (κ3) is 1.60. The Labute approximate surface area is 57.9 Å². The highest BCUT2D eigenvalue weighted by Gasteiger charge is 2.00. The molecular weight excluding hydrogens is 110 g/mol. The maximum absolute atomic E-state index is 3.29. The van der Waals surface area contributed by atoms with E-state index in [4.69, 9.17) is 0 Å². The van der Waals surface area contributed by atoms with Crippen LogP contribution >= 0.6 is 0 Å². The molecule has 1 nitrogen and oxygen atoms in total. The van der Waals surface area contributed by atoms with Gasteiger partial charge in [0, 0.05) is 13.7 Å². The summed E-state index contributed by atoms with van der Waals surface area (Å²) in [6.07, 6.45) is 6.35. The molecule has 0 bridgehead atoms. The summed E-state index contributed by atoms with van der Waals surface area (Å²) in [5.41, 5.74) is 1.34. The summed E-state index contributed by atoms with van der Waals surface area (Å²) in [6.45, 7) is 5.38. The molecular formula is C8H15N. The number of dihydropyridines is 1. The molecule has 0 saturated carbocycles. The van der Waals surface area contributed by atoms with Crippen LogP contribution in [0.25, 0.3) is 0 Å². The number of nitrogens with one attached hydrogen (secondary N) is 1. The minimum Gasteiger partial charge on any atom is -0.385 e. The van der Waals surface area contributed by atoms with Crippen molar-refractivity contribution in [2.45, 2.75) is 13.8 Å². The lowest BCUT2D eigenvalue weighted by molar-refractivity contribution is 0.675. The van der Waals surface area contributed by atoms with Gasteiger partial charge in [-0.2, -0.15) is 0 Å². The molecule has 1 N–H and O–H groups in total. The quantitative estimate of drug-likeness (QED) is 0.564. The fraction of sp³-hybridized carbons (Fsp3) is 0.500. The van der Waals surface area contributed by atoms with E-state index < -0.39 is 0 Å². The van der Waals surface area contributed by atoms with E-state index in [-0.39, 0.29) is 1.43 Å². The number of hydrogen-bond donors (Lipinski definition) is 1. The highest BCUT2D eigenvalue weighted by Crippen LogP contribution is 2.07. The molecule has 1 aliphatic rings. The molecule has 0 atom stereocenters. The Morgan fingerprint density at radius 2 is 2.44 bits per heavy atom. The Morgan fingerprint density at radius 3 is 2.78 bits per heavy atom. The Morgan fingerprint density at radius 1 is 1.67 bits per heavy atom. The second-order valence-corrected chi connectivity index (χ2v) is 2.59. The molecule has 9 heavy (non-hydrogen) atoms. The summed E-state index contributed by atoms with van der Waals surface area (Å²) in [4.78, 5) is 0. The van der Waals surface area contributed by atoms with Gasteiger partial charge < -0.3 is 5.32 Å². The predicted molar refractivity (Wildman–Crippen MR) is 42.2 cm³/mol. The molecule has 1 aliphatic heterocycles. The van der Waals surface area contributed by atoms with Crippen molar-refractivity contribution in [3.63, 3.8) is 0 Å². The van der Waals surface area contributed by atoms with E-state index in [1.165, 1.54) is 5.70 Å². The largest absolute Gasteiger partial charge is 0.385 e. The summed E-state index contributed by atoms with van der Waals surface area (Å²) in [6, 6.07) is 0. The molecule has 0 radical (unpaired) electrons.